The normalized spacial score (nSPS) is 24.6. The minimum atomic E-state index is 0. The average Bonchev–Trinajstić information content (AvgIpc) is 2.57. The third-order valence-corrected chi connectivity index (χ3v) is 4.11. The van der Waals surface area contributed by atoms with Gasteiger partial charge in [0, 0.05) is 27.3 Å². The first-order valence-corrected chi connectivity index (χ1v) is 8.86. The van der Waals surface area contributed by atoms with E-state index < -0.39 is 0 Å². The van der Waals surface area contributed by atoms with Gasteiger partial charge >= 0.3 is 0 Å². The summed E-state index contributed by atoms with van der Waals surface area (Å²) in [4.78, 5) is 2.32. The lowest BCUT2D eigenvalue weighted by molar-refractivity contribution is -0.0156. The highest BCUT2D eigenvalue weighted by Crippen LogP contribution is 2.10. The van der Waals surface area contributed by atoms with E-state index in [1.54, 1.807) is 14.2 Å². The summed E-state index contributed by atoms with van der Waals surface area (Å²) >= 11 is 0. The fourth-order valence-electron chi connectivity index (χ4n) is 2.81. The lowest BCUT2D eigenvalue weighted by atomic mass is 10.1. The molecule has 2 rings (SSSR count). The van der Waals surface area contributed by atoms with Gasteiger partial charge in [-0.1, -0.05) is 0 Å². The fourth-order valence-corrected chi connectivity index (χ4v) is 2.81. The molecular weight excluding hydrogens is 332 g/mol. The number of rotatable bonds is 8. The molecule has 0 aromatic rings. The van der Waals surface area contributed by atoms with Gasteiger partial charge in [0.25, 0.3) is 0 Å². The van der Waals surface area contributed by atoms with Crippen LogP contribution in [0.15, 0.2) is 0 Å². The smallest absolute Gasteiger partial charge is 0.0704 e. The van der Waals surface area contributed by atoms with Crippen molar-refractivity contribution in [2.75, 3.05) is 73.9 Å². The quantitative estimate of drug-likeness (QED) is 0.656. The molecule has 2 atom stereocenters. The van der Waals surface area contributed by atoms with Crippen LogP contribution in [0, 0.1) is 0 Å². The van der Waals surface area contributed by atoms with Crippen LogP contribution >= 0.6 is 12.4 Å². The number of ether oxygens (including phenoxy) is 4. The number of piperidine rings is 2. The maximum Gasteiger partial charge on any atom is 0.0704 e. The molecule has 0 aromatic carbocycles. The monoisotopic (exact) mass is 368 g/mol. The largest absolute Gasteiger partial charge is 0.382 e. The molecule has 0 aliphatic carbocycles. The molecule has 24 heavy (non-hydrogen) atoms. The Morgan fingerprint density at radius 2 is 1.54 bits per heavy atom. The predicted molar refractivity (Wildman–Crippen MR) is 99.3 cm³/mol. The molecule has 2 heterocycles. The van der Waals surface area contributed by atoms with Crippen molar-refractivity contribution >= 4 is 12.4 Å². The first-order chi connectivity index (χ1) is 11.3. The third kappa shape index (κ3) is 12.4. The molecule has 0 radical (unpaired) electrons. The van der Waals surface area contributed by atoms with Gasteiger partial charge in [0.05, 0.1) is 38.6 Å². The van der Waals surface area contributed by atoms with Gasteiger partial charge < -0.3 is 29.2 Å². The minimum Gasteiger partial charge on any atom is -0.382 e. The molecular formula is C17H37ClN2O4. The summed E-state index contributed by atoms with van der Waals surface area (Å²) in [5.74, 6) is 0. The van der Waals surface area contributed by atoms with Gasteiger partial charge in [-0.3, -0.25) is 0 Å². The zero-order chi connectivity index (χ0) is 16.8. The molecule has 7 heteroatoms. The van der Waals surface area contributed by atoms with E-state index in [9.17, 15) is 0 Å². The number of likely N-dealkylation sites (tertiary alicyclic amines) is 1. The van der Waals surface area contributed by atoms with Crippen molar-refractivity contribution in [2.24, 2.45) is 0 Å². The second-order valence-corrected chi connectivity index (χ2v) is 6.22. The third-order valence-electron chi connectivity index (χ3n) is 4.11. The molecule has 0 amide bonds. The van der Waals surface area contributed by atoms with Crippen molar-refractivity contribution in [1.82, 2.24) is 10.2 Å². The van der Waals surface area contributed by atoms with Crippen molar-refractivity contribution in [3.63, 3.8) is 0 Å². The molecule has 2 fully saturated rings. The number of likely N-dealkylation sites (N-methyl/N-ethyl adjacent to an activating group) is 1. The summed E-state index contributed by atoms with van der Waals surface area (Å²) in [6.07, 6.45) is 5.73. The Labute approximate surface area is 153 Å². The van der Waals surface area contributed by atoms with E-state index in [-0.39, 0.29) is 12.4 Å². The van der Waals surface area contributed by atoms with E-state index in [4.69, 9.17) is 18.9 Å². The number of methoxy groups -OCH3 is 2. The van der Waals surface area contributed by atoms with Crippen LogP contribution in [0.1, 0.15) is 25.7 Å². The van der Waals surface area contributed by atoms with E-state index >= 15 is 0 Å². The maximum absolute atomic E-state index is 5.63. The highest BCUT2D eigenvalue weighted by Gasteiger charge is 2.16. The second kappa shape index (κ2) is 16.5. The second-order valence-electron chi connectivity index (χ2n) is 6.22. The van der Waals surface area contributed by atoms with E-state index in [1.807, 2.05) is 0 Å². The number of nitrogens with zero attached hydrogens (tertiary/aromatic N) is 1. The SMILES string of the molecule is COCCO[C@@H]1CCCN(C)C1.COCCO[C@@H]1CCCNC1.Cl. The molecule has 1 N–H and O–H groups in total. The minimum absolute atomic E-state index is 0. The van der Waals surface area contributed by atoms with Crippen molar-refractivity contribution in [3.05, 3.63) is 0 Å². The Morgan fingerprint density at radius 3 is 2.08 bits per heavy atom. The summed E-state index contributed by atoms with van der Waals surface area (Å²) in [7, 11) is 5.55. The Kier molecular flexibility index (Phi) is 16.5. The van der Waals surface area contributed by atoms with Crippen LogP contribution < -0.4 is 5.32 Å². The number of hydrogen-bond donors (Lipinski definition) is 1. The molecule has 0 aromatic heterocycles. The van der Waals surface area contributed by atoms with Crippen LogP contribution in [-0.2, 0) is 18.9 Å². The van der Waals surface area contributed by atoms with Crippen molar-refractivity contribution in [2.45, 2.75) is 37.9 Å². The summed E-state index contributed by atoms with van der Waals surface area (Å²) in [5, 5.41) is 3.30. The molecule has 146 valence electrons. The van der Waals surface area contributed by atoms with Crippen LogP contribution in [0.2, 0.25) is 0 Å². The fraction of sp³-hybridized carbons (Fsp3) is 1.00. The lowest BCUT2D eigenvalue weighted by Crippen LogP contribution is -2.37. The van der Waals surface area contributed by atoms with E-state index in [2.05, 4.69) is 17.3 Å². The number of nitrogens with one attached hydrogen (secondary N) is 1. The van der Waals surface area contributed by atoms with Crippen LogP contribution in [0.5, 0.6) is 0 Å². The number of halogens is 1. The molecule has 2 saturated heterocycles. The van der Waals surface area contributed by atoms with E-state index in [0.717, 1.165) is 32.8 Å². The summed E-state index contributed by atoms with van der Waals surface area (Å²) in [6, 6.07) is 0. The predicted octanol–water partition coefficient (Wildman–Crippen LogP) is 1.57. The molecule has 2 aliphatic rings. The average molecular weight is 369 g/mol. The highest BCUT2D eigenvalue weighted by molar-refractivity contribution is 5.85. The Balaban J connectivity index is 0.000000425. The summed E-state index contributed by atoms with van der Waals surface area (Å²) in [5.41, 5.74) is 0. The van der Waals surface area contributed by atoms with Crippen LogP contribution in [0.3, 0.4) is 0 Å². The van der Waals surface area contributed by atoms with Gasteiger partial charge in [-0.2, -0.15) is 0 Å². The molecule has 0 saturated carbocycles. The van der Waals surface area contributed by atoms with Gasteiger partial charge in [-0.25, -0.2) is 0 Å². The zero-order valence-electron chi connectivity index (χ0n) is 15.6. The van der Waals surface area contributed by atoms with Gasteiger partial charge in [-0.15, -0.1) is 12.4 Å². The number of hydrogen-bond acceptors (Lipinski definition) is 6. The Hall–Kier alpha value is 0.0500. The highest BCUT2D eigenvalue weighted by atomic mass is 35.5. The van der Waals surface area contributed by atoms with E-state index in [0.29, 0.717) is 25.4 Å². The zero-order valence-corrected chi connectivity index (χ0v) is 16.4. The molecule has 0 spiro atoms. The van der Waals surface area contributed by atoms with Gasteiger partial charge in [-0.05, 0) is 45.8 Å². The van der Waals surface area contributed by atoms with Crippen LogP contribution in [-0.4, -0.2) is 91.0 Å². The molecule has 2 aliphatic heterocycles. The van der Waals surface area contributed by atoms with Gasteiger partial charge in [0.1, 0.15) is 0 Å². The van der Waals surface area contributed by atoms with Crippen LogP contribution in [0.4, 0.5) is 0 Å². The van der Waals surface area contributed by atoms with Gasteiger partial charge in [0.2, 0.25) is 0 Å². The van der Waals surface area contributed by atoms with Crippen molar-refractivity contribution < 1.29 is 18.9 Å². The molecule has 0 bridgehead atoms. The maximum atomic E-state index is 5.63. The Morgan fingerprint density at radius 1 is 0.917 bits per heavy atom. The van der Waals surface area contributed by atoms with Crippen LogP contribution in [0.25, 0.3) is 0 Å². The summed E-state index contributed by atoms with van der Waals surface area (Å²) in [6.45, 7) is 7.30. The topological polar surface area (TPSA) is 52.2 Å². The Bertz CT molecular complexity index is 269. The molecule has 0 unspecified atom stereocenters. The van der Waals surface area contributed by atoms with Gasteiger partial charge in [0.15, 0.2) is 0 Å². The van der Waals surface area contributed by atoms with Crippen molar-refractivity contribution in [3.8, 4) is 0 Å². The van der Waals surface area contributed by atoms with Crippen molar-refractivity contribution in [1.29, 1.82) is 0 Å². The lowest BCUT2D eigenvalue weighted by Gasteiger charge is -2.29. The standard InChI is InChI=1S/C9H19NO2.C8H17NO2.ClH/c1-10-5-3-4-9(8-10)12-7-6-11-2;1-10-5-6-11-8-3-2-4-9-7-8;/h9H,3-8H2,1-2H3;8-9H,2-7H2,1H3;1H/t9-;8-;/m11./s1. The first kappa shape index (κ1) is 24.1. The van der Waals surface area contributed by atoms with E-state index in [1.165, 1.54) is 32.2 Å². The first-order valence-electron chi connectivity index (χ1n) is 8.86. The molecule has 6 nitrogen and oxygen atoms in total. The summed E-state index contributed by atoms with van der Waals surface area (Å²) < 4.78 is 21.0.